The number of benzene rings is 6. The highest BCUT2D eigenvalue weighted by Crippen LogP contribution is 2.41. The molecule has 3 heterocycles. The molecule has 9 aromatic rings. The van der Waals surface area contributed by atoms with Crippen LogP contribution < -0.4 is 21.1 Å². The predicted octanol–water partition coefficient (Wildman–Crippen LogP) is 17.6. The van der Waals surface area contributed by atoms with E-state index in [1.165, 1.54) is 60.7 Å². The first-order valence-electron chi connectivity index (χ1n) is 30.4. The van der Waals surface area contributed by atoms with E-state index < -0.39 is 96.8 Å². The molecule has 0 unspecified atom stereocenters. The molecule has 0 aliphatic heterocycles. The normalized spacial score (nSPS) is 11.8. The number of rotatable bonds is 17. The minimum atomic E-state index is -5.96. The summed E-state index contributed by atoms with van der Waals surface area (Å²) >= 11 is 0. The van der Waals surface area contributed by atoms with Crippen molar-refractivity contribution in [3.63, 3.8) is 0 Å². The Kier molecular flexibility index (Phi) is 24.9. The molecule has 9 rings (SSSR count). The summed E-state index contributed by atoms with van der Waals surface area (Å²) in [6, 6.07) is 27.1. The van der Waals surface area contributed by atoms with Gasteiger partial charge in [0.05, 0.1) is 33.4 Å². The average Bonchev–Trinajstić information content (AvgIpc) is 0.788. The van der Waals surface area contributed by atoms with Crippen molar-refractivity contribution < 1.29 is 88.8 Å². The van der Waals surface area contributed by atoms with Crippen LogP contribution in [0.25, 0.3) is 66.3 Å². The molecular weight excluding hydrogens is 1320 g/mol. The molecule has 0 bridgehead atoms. The van der Waals surface area contributed by atoms with Gasteiger partial charge in [-0.2, -0.15) is 61.1 Å². The number of hydrogen-bond acceptors (Lipinski definition) is 11. The Balaban J connectivity index is 0.000000285. The number of unbranched alkanes of at least 4 members (excludes halogenated alkanes) is 6. The number of fused-ring (bicyclic) bond motifs is 3. The number of halogens is 12. The SMILES string of the molecule is C#CC(O)C#C.CCCCCc1ccc(-c2cc3ccc(C#CC(O)C#Cc4ccc5cc(-c6ccc(CCCCC)cc6C(F)(F)F)c(=O)oc5c4)cc3oc2=O)c(C(F)(F)F)c1.CCCCCc1ccc(-c2cc3ccc(OS(=O)(=O)C(F)(F)F)cc3oc2=O)c(C(F)(F)F)c1. The van der Waals surface area contributed by atoms with Crippen molar-refractivity contribution in [1.82, 2.24) is 0 Å². The van der Waals surface area contributed by atoms with Gasteiger partial charge in [-0.15, -0.1) is 12.8 Å². The van der Waals surface area contributed by atoms with Crippen LogP contribution in [0.1, 0.15) is 123 Å². The fourth-order valence-electron chi connectivity index (χ4n) is 10.0. The fraction of sp³-hybridized carbons (Fsp3) is 0.284. The minimum Gasteiger partial charge on any atom is -0.422 e. The molecule has 2 N–H and O–H groups in total. The summed E-state index contributed by atoms with van der Waals surface area (Å²) < 4.78 is 206. The summed E-state index contributed by atoms with van der Waals surface area (Å²) in [6.07, 6.45) is 1.72. The van der Waals surface area contributed by atoms with E-state index in [-0.39, 0.29) is 44.4 Å². The topological polar surface area (TPSA) is 174 Å². The van der Waals surface area contributed by atoms with E-state index in [1.807, 2.05) is 32.6 Å². The van der Waals surface area contributed by atoms with Crippen molar-refractivity contribution in [3.8, 4) is 87.5 Å². The van der Waals surface area contributed by atoms with Gasteiger partial charge in [0.25, 0.3) is 0 Å². The zero-order valence-corrected chi connectivity index (χ0v) is 53.2. The Morgan fingerprint density at radius 3 is 1.05 bits per heavy atom. The predicted molar refractivity (Wildman–Crippen MR) is 347 cm³/mol. The smallest absolute Gasteiger partial charge is 0.422 e. The quantitative estimate of drug-likeness (QED) is 0.0222. The van der Waals surface area contributed by atoms with Gasteiger partial charge in [-0.25, -0.2) is 14.4 Å². The summed E-state index contributed by atoms with van der Waals surface area (Å²) in [4.78, 5) is 38.5. The number of aryl methyl sites for hydroxylation is 3. The van der Waals surface area contributed by atoms with Crippen LogP contribution in [-0.4, -0.2) is 36.3 Å². The third kappa shape index (κ3) is 19.8. The lowest BCUT2D eigenvalue weighted by Gasteiger charge is -2.15. The van der Waals surface area contributed by atoms with E-state index in [2.05, 4.69) is 40.7 Å². The molecule has 0 saturated carbocycles. The van der Waals surface area contributed by atoms with E-state index in [9.17, 15) is 80.6 Å². The Morgan fingerprint density at radius 1 is 0.429 bits per heavy atom. The number of alkyl halides is 12. The van der Waals surface area contributed by atoms with Crippen LogP contribution in [0, 0.1) is 48.4 Å². The Hall–Kier alpha value is -9.98. The van der Waals surface area contributed by atoms with Crippen LogP contribution in [-0.2, 0) is 47.9 Å². The van der Waals surface area contributed by atoms with Gasteiger partial charge in [0.2, 0.25) is 0 Å². The van der Waals surface area contributed by atoms with Crippen LogP contribution in [0.5, 0.6) is 5.75 Å². The van der Waals surface area contributed by atoms with E-state index in [0.717, 1.165) is 93.8 Å². The Labute approximate surface area is 554 Å². The van der Waals surface area contributed by atoms with Gasteiger partial charge in [-0.05, 0) is 140 Å². The lowest BCUT2D eigenvalue weighted by Crippen LogP contribution is -2.28. The molecule has 6 aromatic carbocycles. The van der Waals surface area contributed by atoms with Crippen molar-refractivity contribution in [2.75, 3.05) is 0 Å². The molecule has 24 heteroatoms. The molecule has 0 fully saturated rings. The minimum absolute atomic E-state index is 0.0477. The van der Waals surface area contributed by atoms with E-state index >= 15 is 0 Å². The molecule has 512 valence electrons. The molecule has 98 heavy (non-hydrogen) atoms. The summed E-state index contributed by atoms with van der Waals surface area (Å²) in [6.45, 7) is 5.98. The first-order valence-corrected chi connectivity index (χ1v) is 31.8. The highest BCUT2D eigenvalue weighted by molar-refractivity contribution is 7.88. The summed E-state index contributed by atoms with van der Waals surface area (Å²) in [5.74, 6) is 13.7. The molecule has 0 aliphatic rings. The average molecular weight is 1390 g/mol. The maximum Gasteiger partial charge on any atom is 0.534 e. The number of aliphatic hydroxyl groups is 2. The fourth-order valence-corrected chi connectivity index (χ4v) is 10.5. The van der Waals surface area contributed by atoms with Gasteiger partial charge in [-0.1, -0.05) is 131 Å². The zero-order chi connectivity index (χ0) is 71.9. The second-order valence-corrected chi connectivity index (χ2v) is 23.7. The third-order valence-electron chi connectivity index (χ3n) is 14.9. The van der Waals surface area contributed by atoms with Gasteiger partial charge in [0.1, 0.15) is 22.5 Å². The van der Waals surface area contributed by atoms with Crippen LogP contribution in [0.4, 0.5) is 52.7 Å². The standard InChI is InChI=1S/C47H38F6O5.C22H18F6O5S.C5H4O/c1-3-5-7-9-29-15-21-36(40(23-29)46(48,49)50)38-27-33-17-11-31(25-42(33)57-44(38)55)13-19-35(54)20-14-32-12-18-34-28-39(45(56)58-43(34)26-32)37-22-16-30(10-8-6-4-2)24-41(37)47(51,52)53;1-2-3-4-5-13-6-9-16(18(10-13)21(23,24)25)17-11-14-7-8-15(12-19(14)32-20(17)29)33-34(30,31)22(26,27)28;1-3-5(6)4-2/h11-12,15-18,21-28,35,54H,3-10H2,1-2H3;6-12H,2-5H2,1H3;1-2,5-6H. The Bertz CT molecular complexity index is 4700. The lowest BCUT2D eigenvalue weighted by atomic mass is 9.95. The van der Waals surface area contributed by atoms with Crippen molar-refractivity contribution in [2.24, 2.45) is 0 Å². The van der Waals surface area contributed by atoms with Gasteiger partial charge in [0.15, 0.2) is 12.2 Å². The molecule has 0 spiro atoms. The summed E-state index contributed by atoms with van der Waals surface area (Å²) in [7, 11) is -5.96. The Morgan fingerprint density at radius 2 is 0.755 bits per heavy atom. The summed E-state index contributed by atoms with van der Waals surface area (Å²) in [5, 5.41) is 19.5. The highest BCUT2D eigenvalue weighted by Gasteiger charge is 2.48. The van der Waals surface area contributed by atoms with Crippen LogP contribution in [0.15, 0.2) is 155 Å². The van der Waals surface area contributed by atoms with Gasteiger partial charge >= 0.3 is 51.0 Å². The molecule has 0 aliphatic carbocycles. The third-order valence-corrected chi connectivity index (χ3v) is 15.9. The largest absolute Gasteiger partial charge is 0.534 e. The molecular formula is C74H60F12O11S. The molecule has 11 nitrogen and oxygen atoms in total. The number of terminal acetylenes is 2. The first-order chi connectivity index (χ1) is 46.2. The first kappa shape index (κ1) is 75.4. The summed E-state index contributed by atoms with van der Waals surface area (Å²) in [5.41, 5.74) is -11.4. The molecule has 0 amide bonds. The van der Waals surface area contributed by atoms with Gasteiger partial charge in [0, 0.05) is 50.0 Å². The van der Waals surface area contributed by atoms with E-state index in [4.69, 9.17) is 18.4 Å². The number of aliphatic hydroxyl groups excluding tert-OH is 2. The van der Waals surface area contributed by atoms with Crippen LogP contribution >= 0.6 is 0 Å². The monoisotopic (exact) mass is 1380 g/mol. The van der Waals surface area contributed by atoms with Crippen LogP contribution in [0.2, 0.25) is 0 Å². The molecule has 3 aromatic heterocycles. The second-order valence-electron chi connectivity index (χ2n) is 22.2. The highest BCUT2D eigenvalue weighted by atomic mass is 32.2. The van der Waals surface area contributed by atoms with Gasteiger partial charge in [-0.3, -0.25) is 0 Å². The van der Waals surface area contributed by atoms with Crippen molar-refractivity contribution in [3.05, 3.63) is 203 Å². The number of hydrogen-bond donors (Lipinski definition) is 2. The zero-order valence-electron chi connectivity index (χ0n) is 52.4. The molecule has 0 atom stereocenters. The maximum absolute atomic E-state index is 14.1. The van der Waals surface area contributed by atoms with E-state index in [0.29, 0.717) is 64.3 Å². The van der Waals surface area contributed by atoms with Crippen molar-refractivity contribution in [1.29, 1.82) is 0 Å². The molecule has 0 radical (unpaired) electrons. The van der Waals surface area contributed by atoms with Crippen LogP contribution in [0.3, 0.4) is 0 Å². The second kappa shape index (κ2) is 32.4. The van der Waals surface area contributed by atoms with Crippen molar-refractivity contribution in [2.45, 2.75) is 134 Å². The van der Waals surface area contributed by atoms with Gasteiger partial charge < -0.3 is 27.6 Å². The molecule has 0 saturated heterocycles. The van der Waals surface area contributed by atoms with Crippen molar-refractivity contribution >= 4 is 43.0 Å². The van der Waals surface area contributed by atoms with E-state index in [1.54, 1.807) is 24.3 Å². The lowest BCUT2D eigenvalue weighted by molar-refractivity contribution is -0.138. The maximum atomic E-state index is 14.1.